The third-order valence-electron chi connectivity index (χ3n) is 7.69. The molecule has 0 bridgehead atoms. The van der Waals surface area contributed by atoms with Crippen LogP contribution in [0.2, 0.25) is 0 Å². The predicted molar refractivity (Wildman–Crippen MR) is 226 cm³/mol. The van der Waals surface area contributed by atoms with Crippen molar-refractivity contribution in [2.24, 2.45) is 0 Å². The molecule has 0 saturated heterocycles. The van der Waals surface area contributed by atoms with Gasteiger partial charge in [-0.3, -0.25) is 0 Å². The lowest BCUT2D eigenvalue weighted by Crippen LogP contribution is -2.16. The molecule has 17 heteroatoms. The van der Waals surface area contributed by atoms with Gasteiger partial charge in [-0.1, -0.05) is 36.4 Å². The third kappa shape index (κ3) is 41.2. The first-order valence-electron chi connectivity index (χ1n) is 21.5. The normalized spacial score (nSPS) is 11.4. The van der Waals surface area contributed by atoms with E-state index in [0.717, 1.165) is 11.5 Å². The van der Waals surface area contributed by atoms with Gasteiger partial charge in [0.1, 0.15) is 24.7 Å². The summed E-state index contributed by atoms with van der Waals surface area (Å²) in [7, 11) is 0. The number of hydrogen-bond acceptors (Lipinski definition) is 17. The first kappa shape index (κ1) is 54.6. The Hall–Kier alpha value is -2.56. The molecule has 0 saturated carbocycles. The van der Waals surface area contributed by atoms with Gasteiger partial charge >= 0.3 is 0 Å². The van der Waals surface area contributed by atoms with Crippen LogP contribution in [0.3, 0.4) is 0 Å². The van der Waals surface area contributed by atoms with Crippen molar-refractivity contribution in [3.8, 4) is 11.5 Å². The Morgan fingerprint density at radius 2 is 0.295 bits per heavy atom. The molecule has 0 atom stereocenters. The van der Waals surface area contributed by atoms with Crippen molar-refractivity contribution in [1.82, 2.24) is 0 Å². The van der Waals surface area contributed by atoms with Crippen molar-refractivity contribution in [3.05, 3.63) is 60.7 Å². The molecule has 2 aromatic carbocycles. The van der Waals surface area contributed by atoms with E-state index in [-0.39, 0.29) is 0 Å². The third-order valence-corrected chi connectivity index (χ3v) is 7.69. The molecule has 0 aromatic heterocycles. The van der Waals surface area contributed by atoms with Gasteiger partial charge < -0.3 is 80.5 Å². The van der Waals surface area contributed by atoms with E-state index in [4.69, 9.17) is 80.5 Å². The molecule has 0 aliphatic carbocycles. The Balaban J connectivity index is 1.10. The summed E-state index contributed by atoms with van der Waals surface area (Å²) in [5.74, 6) is 1.68. The summed E-state index contributed by atoms with van der Waals surface area (Å²) < 4.78 is 93.6. The van der Waals surface area contributed by atoms with Crippen LogP contribution in [0.15, 0.2) is 60.7 Å². The number of rotatable bonds is 50. The molecule has 2 aromatic rings. The predicted octanol–water partition coefficient (Wildman–Crippen LogP) is 3.39. The number of benzene rings is 2. The Morgan fingerprint density at radius 1 is 0.164 bits per heavy atom. The van der Waals surface area contributed by atoms with Crippen LogP contribution in [0.25, 0.3) is 0 Å². The summed E-state index contributed by atoms with van der Waals surface area (Å²) >= 11 is 0. The van der Waals surface area contributed by atoms with Gasteiger partial charge in [-0.2, -0.15) is 0 Å². The summed E-state index contributed by atoms with van der Waals surface area (Å²) in [6, 6.07) is 19.3. The zero-order valence-corrected chi connectivity index (χ0v) is 36.3. The zero-order chi connectivity index (χ0) is 42.9. The second-order valence-electron chi connectivity index (χ2n) is 12.5. The Bertz CT molecular complexity index is 1020. The lowest BCUT2D eigenvalue weighted by Gasteiger charge is -2.09. The van der Waals surface area contributed by atoms with Gasteiger partial charge in [-0.15, -0.1) is 0 Å². The van der Waals surface area contributed by atoms with Crippen LogP contribution in [-0.2, 0) is 71.1 Å². The monoisotopic (exact) mass is 874 g/mol. The maximum Gasteiger partial charge on any atom is 0.119 e. The molecule has 0 fully saturated rings. The first-order chi connectivity index (χ1) is 30.4. The maximum absolute atomic E-state index is 5.56. The molecule has 0 amide bonds. The highest BCUT2D eigenvalue weighted by atomic mass is 16.6. The number of ether oxygens (including phenoxy) is 17. The molecule has 0 heterocycles. The van der Waals surface area contributed by atoms with Gasteiger partial charge in [0.15, 0.2) is 0 Å². The summed E-state index contributed by atoms with van der Waals surface area (Å²) in [5, 5.41) is 0. The summed E-state index contributed by atoms with van der Waals surface area (Å²) in [6.45, 7) is 16.2. The number of para-hydroxylation sites is 2. The topological polar surface area (TPSA) is 157 Å². The molecule has 0 radical (unpaired) electrons. The van der Waals surface area contributed by atoms with Gasteiger partial charge in [-0.05, 0) is 24.3 Å². The molecular formula is C44H74O17. The summed E-state index contributed by atoms with van der Waals surface area (Å²) in [6.07, 6.45) is 0. The highest BCUT2D eigenvalue weighted by molar-refractivity contribution is 5.21. The molecule has 61 heavy (non-hydrogen) atoms. The average Bonchev–Trinajstić information content (AvgIpc) is 3.29. The van der Waals surface area contributed by atoms with Crippen LogP contribution < -0.4 is 9.47 Å². The van der Waals surface area contributed by atoms with E-state index in [1.165, 1.54) is 0 Å². The van der Waals surface area contributed by atoms with E-state index < -0.39 is 0 Å². The molecular weight excluding hydrogens is 800 g/mol. The molecule has 0 aliphatic heterocycles. The molecule has 0 spiro atoms. The molecule has 0 aliphatic rings. The van der Waals surface area contributed by atoms with Crippen LogP contribution in [-0.4, -0.2) is 211 Å². The van der Waals surface area contributed by atoms with Crippen LogP contribution in [0.4, 0.5) is 0 Å². The fourth-order valence-corrected chi connectivity index (χ4v) is 4.65. The molecule has 0 N–H and O–H groups in total. The lowest BCUT2D eigenvalue weighted by atomic mass is 10.3. The van der Waals surface area contributed by atoms with E-state index in [9.17, 15) is 0 Å². The minimum atomic E-state index is 0.497. The molecule has 2 rings (SSSR count). The lowest BCUT2D eigenvalue weighted by molar-refractivity contribution is -0.0302. The fourth-order valence-electron chi connectivity index (χ4n) is 4.65. The second-order valence-corrected chi connectivity index (χ2v) is 12.5. The molecule has 17 nitrogen and oxygen atoms in total. The van der Waals surface area contributed by atoms with Crippen LogP contribution >= 0.6 is 0 Å². The molecule has 352 valence electrons. The van der Waals surface area contributed by atoms with Gasteiger partial charge in [-0.25, -0.2) is 0 Å². The smallest absolute Gasteiger partial charge is 0.119 e. The van der Waals surface area contributed by atoms with Gasteiger partial charge in [0.05, 0.1) is 198 Å². The van der Waals surface area contributed by atoms with Gasteiger partial charge in [0.25, 0.3) is 0 Å². The quantitative estimate of drug-likeness (QED) is 0.0891. The Labute approximate surface area is 363 Å². The number of hydrogen-bond donors (Lipinski definition) is 0. The van der Waals surface area contributed by atoms with Crippen molar-refractivity contribution in [1.29, 1.82) is 0 Å². The van der Waals surface area contributed by atoms with Crippen LogP contribution in [0.1, 0.15) is 0 Å². The van der Waals surface area contributed by atoms with Crippen molar-refractivity contribution in [2.75, 3.05) is 211 Å². The van der Waals surface area contributed by atoms with E-state index >= 15 is 0 Å². The summed E-state index contributed by atoms with van der Waals surface area (Å²) in [5.41, 5.74) is 0. The fraction of sp³-hybridized carbons (Fsp3) is 0.727. The Morgan fingerprint density at radius 3 is 0.443 bits per heavy atom. The Kier molecular flexibility index (Phi) is 42.0. The van der Waals surface area contributed by atoms with Gasteiger partial charge in [0.2, 0.25) is 0 Å². The standard InChI is InChI=1S/C44H74O17/c1-3-7-43(8-4-1)60-41-39-58-37-35-56-33-31-54-29-27-52-25-23-50-21-19-48-17-15-46-13-11-45-12-14-47-16-18-49-20-22-51-24-26-53-28-30-55-32-34-57-36-38-59-40-42-61-44-9-5-2-6-10-44/h1-10H,11-42H2. The van der Waals surface area contributed by atoms with Crippen molar-refractivity contribution >= 4 is 0 Å². The first-order valence-corrected chi connectivity index (χ1v) is 21.5. The highest BCUT2D eigenvalue weighted by Gasteiger charge is 1.99. The maximum atomic E-state index is 5.56. The van der Waals surface area contributed by atoms with Crippen molar-refractivity contribution in [3.63, 3.8) is 0 Å². The van der Waals surface area contributed by atoms with E-state index in [2.05, 4.69) is 0 Å². The summed E-state index contributed by atoms with van der Waals surface area (Å²) in [4.78, 5) is 0. The van der Waals surface area contributed by atoms with E-state index in [1.54, 1.807) is 0 Å². The highest BCUT2D eigenvalue weighted by Crippen LogP contribution is 2.08. The van der Waals surface area contributed by atoms with E-state index in [1.807, 2.05) is 60.7 Å². The average molecular weight is 875 g/mol. The van der Waals surface area contributed by atoms with Crippen LogP contribution in [0, 0.1) is 0 Å². The second kappa shape index (κ2) is 46.9. The van der Waals surface area contributed by atoms with Crippen molar-refractivity contribution in [2.45, 2.75) is 0 Å². The SMILES string of the molecule is c1ccc(OCCOCCOCCOCCOCCOCCOCCOCCOCCOCCOCCOCCOCCOCCOCCOCCOc2ccccc2)cc1. The van der Waals surface area contributed by atoms with E-state index in [0.29, 0.717) is 211 Å². The van der Waals surface area contributed by atoms with Crippen molar-refractivity contribution < 1.29 is 80.5 Å². The molecule has 0 unspecified atom stereocenters. The van der Waals surface area contributed by atoms with Gasteiger partial charge in [0, 0.05) is 0 Å². The van der Waals surface area contributed by atoms with Crippen LogP contribution in [0.5, 0.6) is 11.5 Å². The zero-order valence-electron chi connectivity index (χ0n) is 36.3. The largest absolute Gasteiger partial charge is 0.491 e. The minimum absolute atomic E-state index is 0.497. The minimum Gasteiger partial charge on any atom is -0.491 e.